The maximum atomic E-state index is 13.3. The number of aryl methyl sites for hydroxylation is 1. The van der Waals surface area contributed by atoms with Gasteiger partial charge in [0.1, 0.15) is 5.82 Å². The minimum atomic E-state index is -0.371. The van der Waals surface area contributed by atoms with Gasteiger partial charge in [0.05, 0.1) is 11.3 Å². The van der Waals surface area contributed by atoms with E-state index in [0.29, 0.717) is 10.7 Å². The quantitative estimate of drug-likeness (QED) is 0.576. The Morgan fingerprint density at radius 2 is 2.04 bits per heavy atom. The van der Waals surface area contributed by atoms with Gasteiger partial charge in [-0.15, -0.1) is 11.8 Å². The van der Waals surface area contributed by atoms with Crippen molar-refractivity contribution >= 4 is 45.9 Å². The predicted molar refractivity (Wildman–Crippen MR) is 109 cm³/mol. The molecule has 3 nitrogen and oxygen atoms in total. The number of benzene rings is 2. The van der Waals surface area contributed by atoms with Gasteiger partial charge in [-0.1, -0.05) is 17.7 Å². The van der Waals surface area contributed by atoms with E-state index in [9.17, 15) is 9.18 Å². The fourth-order valence-corrected chi connectivity index (χ4v) is 4.65. The molecule has 1 aliphatic carbocycles. The zero-order valence-corrected chi connectivity index (χ0v) is 16.2. The van der Waals surface area contributed by atoms with E-state index in [1.807, 2.05) is 18.2 Å². The van der Waals surface area contributed by atoms with Gasteiger partial charge in [0.2, 0.25) is 5.91 Å². The molecule has 0 aliphatic heterocycles. The molecule has 1 aliphatic rings. The summed E-state index contributed by atoms with van der Waals surface area (Å²) in [5.74, 6) is -0.291. The van der Waals surface area contributed by atoms with E-state index in [2.05, 4.69) is 5.32 Å². The summed E-state index contributed by atoms with van der Waals surface area (Å²) in [6.45, 7) is 0. The van der Waals surface area contributed by atoms with E-state index in [4.69, 9.17) is 16.6 Å². The largest absolute Gasteiger partial charge is 0.325 e. The first-order valence-corrected chi connectivity index (χ1v) is 10.3. The van der Waals surface area contributed by atoms with Crippen molar-refractivity contribution in [2.24, 2.45) is 0 Å². The van der Waals surface area contributed by atoms with Gasteiger partial charge in [-0.2, -0.15) is 0 Å². The summed E-state index contributed by atoms with van der Waals surface area (Å²) >= 11 is 7.71. The fraction of sp³-hybridized carbons (Fsp3) is 0.238. The number of rotatable bonds is 4. The Morgan fingerprint density at radius 3 is 2.89 bits per heavy atom. The van der Waals surface area contributed by atoms with E-state index < -0.39 is 0 Å². The molecule has 0 saturated carbocycles. The first-order valence-electron chi connectivity index (χ1n) is 8.89. The van der Waals surface area contributed by atoms with Crippen LogP contribution in [0.1, 0.15) is 24.1 Å². The van der Waals surface area contributed by atoms with E-state index in [1.165, 1.54) is 29.5 Å². The lowest BCUT2D eigenvalue weighted by Gasteiger charge is -2.20. The van der Waals surface area contributed by atoms with Gasteiger partial charge in [0, 0.05) is 26.7 Å². The molecule has 138 valence electrons. The number of aromatic nitrogens is 1. The average Bonchev–Trinajstić information content (AvgIpc) is 2.65. The molecule has 0 spiro atoms. The molecule has 27 heavy (non-hydrogen) atoms. The zero-order valence-electron chi connectivity index (χ0n) is 14.6. The Bertz CT molecular complexity index is 1020. The number of anilines is 1. The van der Waals surface area contributed by atoms with Gasteiger partial charge >= 0.3 is 0 Å². The normalized spacial score (nSPS) is 13.4. The summed E-state index contributed by atoms with van der Waals surface area (Å²) in [6.07, 6.45) is 4.21. The van der Waals surface area contributed by atoms with Crippen molar-refractivity contribution in [1.82, 2.24) is 4.98 Å². The smallest absolute Gasteiger partial charge is 0.234 e. The van der Waals surface area contributed by atoms with Crippen molar-refractivity contribution in [1.29, 1.82) is 0 Å². The molecule has 3 aromatic rings. The van der Waals surface area contributed by atoms with Crippen LogP contribution < -0.4 is 5.32 Å². The van der Waals surface area contributed by atoms with E-state index in [0.717, 1.165) is 47.2 Å². The summed E-state index contributed by atoms with van der Waals surface area (Å²) in [6, 6.07) is 11.6. The highest BCUT2D eigenvalue weighted by Gasteiger charge is 2.19. The number of pyridine rings is 1. The van der Waals surface area contributed by atoms with Crippen molar-refractivity contribution < 1.29 is 9.18 Å². The third-order valence-corrected chi connectivity index (χ3v) is 6.02. The topological polar surface area (TPSA) is 42.0 Å². The van der Waals surface area contributed by atoms with Crippen molar-refractivity contribution in [3.63, 3.8) is 0 Å². The minimum Gasteiger partial charge on any atom is -0.325 e. The molecule has 4 rings (SSSR count). The van der Waals surface area contributed by atoms with Crippen LogP contribution in [0.4, 0.5) is 10.1 Å². The third-order valence-electron chi connectivity index (χ3n) is 4.63. The molecule has 1 N–H and O–H groups in total. The van der Waals surface area contributed by atoms with Crippen LogP contribution in [-0.2, 0) is 17.6 Å². The monoisotopic (exact) mass is 400 g/mol. The van der Waals surface area contributed by atoms with Gasteiger partial charge < -0.3 is 5.32 Å². The Labute approximate surface area is 166 Å². The molecule has 6 heteroatoms. The Hall–Kier alpha value is -2.11. The van der Waals surface area contributed by atoms with Crippen molar-refractivity contribution in [3.8, 4) is 0 Å². The number of carbonyl (C=O) groups excluding carboxylic acids is 1. The maximum Gasteiger partial charge on any atom is 0.234 e. The Morgan fingerprint density at radius 1 is 1.19 bits per heavy atom. The van der Waals surface area contributed by atoms with Crippen molar-refractivity contribution in [3.05, 3.63) is 64.6 Å². The molecule has 0 fully saturated rings. The van der Waals surface area contributed by atoms with E-state index in [1.54, 1.807) is 12.1 Å². The van der Waals surface area contributed by atoms with Crippen LogP contribution in [0.2, 0.25) is 5.02 Å². The zero-order chi connectivity index (χ0) is 18.8. The number of halogens is 2. The molecular formula is C21H18ClFN2OS. The number of thioether (sulfide) groups is 1. The minimum absolute atomic E-state index is 0.165. The lowest BCUT2D eigenvalue weighted by molar-refractivity contribution is -0.113. The maximum absolute atomic E-state index is 13.3. The number of nitrogens with one attached hydrogen (secondary N) is 1. The number of hydrogen-bond acceptors (Lipinski definition) is 3. The lowest BCUT2D eigenvalue weighted by atomic mass is 9.94. The van der Waals surface area contributed by atoms with Gasteiger partial charge in [-0.3, -0.25) is 9.78 Å². The van der Waals surface area contributed by atoms with Crippen LogP contribution in [0.25, 0.3) is 10.9 Å². The fourth-order valence-electron chi connectivity index (χ4n) is 3.42. The van der Waals surface area contributed by atoms with Crippen LogP contribution in [-0.4, -0.2) is 16.6 Å². The summed E-state index contributed by atoms with van der Waals surface area (Å²) in [5, 5.41) is 4.40. The molecule has 0 unspecified atom stereocenters. The van der Waals surface area contributed by atoms with E-state index in [-0.39, 0.29) is 17.5 Å². The molecule has 1 amide bonds. The second kappa shape index (κ2) is 7.87. The molecule has 0 atom stereocenters. The van der Waals surface area contributed by atoms with Gasteiger partial charge in [-0.25, -0.2) is 4.39 Å². The molecule has 0 saturated heterocycles. The molecule has 1 aromatic heterocycles. The summed E-state index contributed by atoms with van der Waals surface area (Å²) in [5.41, 5.74) is 3.74. The highest BCUT2D eigenvalue weighted by Crippen LogP contribution is 2.37. The SMILES string of the molecule is O=C(CSc1c2c(nc3ccc(Cl)cc13)CCCC2)Nc1cccc(F)c1. The molecular weight excluding hydrogens is 383 g/mol. The predicted octanol–water partition coefficient (Wildman–Crippen LogP) is 5.64. The Kier molecular flexibility index (Phi) is 5.32. The third kappa shape index (κ3) is 4.09. The van der Waals surface area contributed by atoms with Gasteiger partial charge in [0.15, 0.2) is 0 Å². The summed E-state index contributed by atoms with van der Waals surface area (Å²) in [4.78, 5) is 18.3. The number of fused-ring (bicyclic) bond motifs is 2. The number of nitrogens with zero attached hydrogens (tertiary/aromatic N) is 1. The van der Waals surface area contributed by atoms with Crippen LogP contribution >= 0.6 is 23.4 Å². The highest BCUT2D eigenvalue weighted by atomic mass is 35.5. The molecule has 1 heterocycles. The van der Waals surface area contributed by atoms with Crippen LogP contribution in [0, 0.1) is 5.82 Å². The van der Waals surface area contributed by atoms with Crippen LogP contribution in [0.15, 0.2) is 47.4 Å². The molecule has 0 bridgehead atoms. The first kappa shape index (κ1) is 18.3. The Balaban J connectivity index is 1.60. The highest BCUT2D eigenvalue weighted by molar-refractivity contribution is 8.00. The number of carbonyl (C=O) groups is 1. The van der Waals surface area contributed by atoms with Crippen molar-refractivity contribution in [2.45, 2.75) is 30.6 Å². The van der Waals surface area contributed by atoms with Gasteiger partial charge in [0.25, 0.3) is 0 Å². The lowest BCUT2D eigenvalue weighted by Crippen LogP contribution is -2.15. The average molecular weight is 401 g/mol. The van der Waals surface area contributed by atoms with E-state index >= 15 is 0 Å². The first-order chi connectivity index (χ1) is 13.1. The van der Waals surface area contributed by atoms with Gasteiger partial charge in [-0.05, 0) is 67.6 Å². The summed E-state index contributed by atoms with van der Waals surface area (Å²) < 4.78 is 13.3. The number of hydrogen-bond donors (Lipinski definition) is 1. The second-order valence-corrected chi connectivity index (χ2v) is 8.00. The second-order valence-electron chi connectivity index (χ2n) is 6.58. The standard InChI is InChI=1S/C21H18ClFN2OS/c22-13-8-9-19-17(10-13)21(16-6-1-2-7-18(16)25-19)27-12-20(26)24-15-5-3-4-14(23)11-15/h3-5,8-11H,1-2,6-7,12H2,(H,24,26). The molecule has 2 aromatic carbocycles. The number of amides is 1. The van der Waals surface area contributed by atoms with Crippen LogP contribution in [0.5, 0.6) is 0 Å². The van der Waals surface area contributed by atoms with Crippen LogP contribution in [0.3, 0.4) is 0 Å². The summed E-state index contributed by atoms with van der Waals surface area (Å²) in [7, 11) is 0. The molecule has 0 radical (unpaired) electrons. The van der Waals surface area contributed by atoms with Crippen molar-refractivity contribution in [2.75, 3.05) is 11.1 Å².